The minimum absolute atomic E-state index is 0.0199. The normalized spacial score (nSPS) is 9.88. The maximum absolute atomic E-state index is 11.5. The minimum atomic E-state index is -0.426. The van der Waals surface area contributed by atoms with Gasteiger partial charge in [0.2, 0.25) is 11.1 Å². The minimum Gasteiger partial charge on any atom is -0.452 e. The first kappa shape index (κ1) is 12.6. The first-order valence-electron chi connectivity index (χ1n) is 4.93. The highest BCUT2D eigenvalue weighted by atomic mass is 35.5. The van der Waals surface area contributed by atoms with Crippen molar-refractivity contribution < 1.29 is 14.0 Å². The molecule has 0 aromatic carbocycles. The molecule has 0 bridgehead atoms. The van der Waals surface area contributed by atoms with E-state index in [1.54, 1.807) is 0 Å². The Hall–Kier alpha value is -1.49. The van der Waals surface area contributed by atoms with Crippen LogP contribution in [-0.2, 0) is 4.79 Å². The number of amides is 2. The Labute approximate surface area is 98.1 Å². The van der Waals surface area contributed by atoms with Crippen molar-refractivity contribution in [2.45, 2.75) is 13.3 Å². The second-order valence-electron chi connectivity index (χ2n) is 3.14. The number of halogens is 1. The number of carbonyl (C=O) groups is 2. The molecule has 0 atom stereocenters. The molecule has 0 aliphatic carbocycles. The van der Waals surface area contributed by atoms with E-state index in [2.05, 4.69) is 10.6 Å². The van der Waals surface area contributed by atoms with Crippen molar-refractivity contribution in [3.05, 3.63) is 23.1 Å². The molecule has 2 amide bonds. The van der Waals surface area contributed by atoms with Gasteiger partial charge in [0.1, 0.15) is 0 Å². The molecule has 0 aliphatic heterocycles. The highest BCUT2D eigenvalue weighted by molar-refractivity contribution is 6.32. The topological polar surface area (TPSA) is 71.3 Å². The highest BCUT2D eigenvalue weighted by Gasteiger charge is 2.13. The summed E-state index contributed by atoms with van der Waals surface area (Å²) >= 11 is 5.61. The fraction of sp³-hybridized carbons (Fsp3) is 0.400. The molecule has 6 heteroatoms. The van der Waals surface area contributed by atoms with E-state index in [9.17, 15) is 9.59 Å². The van der Waals surface area contributed by atoms with Gasteiger partial charge in [-0.2, -0.15) is 0 Å². The van der Waals surface area contributed by atoms with Crippen molar-refractivity contribution in [2.75, 3.05) is 13.1 Å². The van der Waals surface area contributed by atoms with Gasteiger partial charge in [0.25, 0.3) is 5.91 Å². The standard InChI is InChI=1S/C10H13ClN2O3/c1-2-4-12-8(14)6-13-10(15)7-3-5-16-9(7)11/h3,5H,2,4,6H2,1H3,(H,12,14)(H,13,15). The van der Waals surface area contributed by atoms with Gasteiger partial charge in [-0.25, -0.2) is 0 Å². The number of hydrogen-bond donors (Lipinski definition) is 2. The van der Waals surface area contributed by atoms with Crippen molar-refractivity contribution in [2.24, 2.45) is 0 Å². The van der Waals surface area contributed by atoms with E-state index in [0.717, 1.165) is 6.42 Å². The molecule has 2 N–H and O–H groups in total. The van der Waals surface area contributed by atoms with Gasteiger partial charge in [-0.15, -0.1) is 0 Å². The highest BCUT2D eigenvalue weighted by Crippen LogP contribution is 2.15. The Bertz CT molecular complexity index is 376. The van der Waals surface area contributed by atoms with Crippen molar-refractivity contribution in [3.8, 4) is 0 Å². The lowest BCUT2D eigenvalue weighted by Gasteiger charge is -2.04. The molecule has 0 radical (unpaired) electrons. The first-order valence-corrected chi connectivity index (χ1v) is 5.30. The van der Waals surface area contributed by atoms with Gasteiger partial charge < -0.3 is 15.1 Å². The second-order valence-corrected chi connectivity index (χ2v) is 3.48. The lowest BCUT2D eigenvalue weighted by atomic mass is 10.3. The van der Waals surface area contributed by atoms with Crippen LogP contribution in [-0.4, -0.2) is 24.9 Å². The summed E-state index contributed by atoms with van der Waals surface area (Å²) in [5, 5.41) is 5.10. The Kier molecular flexibility index (Phi) is 4.85. The second kappa shape index (κ2) is 6.17. The quantitative estimate of drug-likeness (QED) is 0.817. The molecule has 1 aromatic rings. The molecule has 0 saturated carbocycles. The molecule has 1 rings (SSSR count). The summed E-state index contributed by atoms with van der Waals surface area (Å²) in [5.74, 6) is -0.653. The summed E-state index contributed by atoms with van der Waals surface area (Å²) in [6.07, 6.45) is 2.17. The molecule has 88 valence electrons. The van der Waals surface area contributed by atoms with E-state index < -0.39 is 5.91 Å². The largest absolute Gasteiger partial charge is 0.452 e. The third kappa shape index (κ3) is 3.58. The zero-order chi connectivity index (χ0) is 12.0. The Morgan fingerprint density at radius 3 is 2.75 bits per heavy atom. The van der Waals surface area contributed by atoms with Gasteiger partial charge >= 0.3 is 0 Å². The van der Waals surface area contributed by atoms with Crippen molar-refractivity contribution in [1.82, 2.24) is 10.6 Å². The maximum Gasteiger partial charge on any atom is 0.256 e. The van der Waals surface area contributed by atoms with Crippen LogP contribution in [0.1, 0.15) is 23.7 Å². The van der Waals surface area contributed by atoms with Gasteiger partial charge in [0.15, 0.2) is 0 Å². The smallest absolute Gasteiger partial charge is 0.256 e. The van der Waals surface area contributed by atoms with E-state index >= 15 is 0 Å². The molecular formula is C10H13ClN2O3. The van der Waals surface area contributed by atoms with Crippen LogP contribution in [0.2, 0.25) is 5.22 Å². The lowest BCUT2D eigenvalue weighted by Crippen LogP contribution is -2.37. The number of rotatable bonds is 5. The number of hydrogen-bond acceptors (Lipinski definition) is 3. The molecule has 0 unspecified atom stereocenters. The zero-order valence-corrected chi connectivity index (χ0v) is 9.63. The fourth-order valence-electron chi connectivity index (χ4n) is 1.04. The van der Waals surface area contributed by atoms with Gasteiger partial charge in [-0.05, 0) is 24.1 Å². The van der Waals surface area contributed by atoms with Crippen LogP contribution in [0.15, 0.2) is 16.7 Å². The van der Waals surface area contributed by atoms with Gasteiger partial charge in [0.05, 0.1) is 18.4 Å². The summed E-state index contributed by atoms with van der Waals surface area (Å²) in [4.78, 5) is 22.6. The lowest BCUT2D eigenvalue weighted by molar-refractivity contribution is -0.120. The van der Waals surface area contributed by atoms with Crippen LogP contribution in [0.25, 0.3) is 0 Å². The third-order valence-corrected chi connectivity index (χ3v) is 2.14. The maximum atomic E-state index is 11.5. The van der Waals surface area contributed by atoms with E-state index in [1.807, 2.05) is 6.92 Å². The molecule has 0 aliphatic rings. The fourth-order valence-corrected chi connectivity index (χ4v) is 1.24. The Balaban J connectivity index is 2.36. The molecular weight excluding hydrogens is 232 g/mol. The van der Waals surface area contributed by atoms with Crippen LogP contribution < -0.4 is 10.6 Å². The average Bonchev–Trinajstić information content (AvgIpc) is 2.69. The average molecular weight is 245 g/mol. The van der Waals surface area contributed by atoms with Gasteiger partial charge in [0, 0.05) is 6.54 Å². The molecule has 0 saturated heterocycles. The van der Waals surface area contributed by atoms with E-state index in [0.29, 0.717) is 6.54 Å². The monoisotopic (exact) mass is 244 g/mol. The number of nitrogens with one attached hydrogen (secondary N) is 2. The van der Waals surface area contributed by atoms with Crippen molar-refractivity contribution >= 4 is 23.4 Å². The molecule has 1 aromatic heterocycles. The number of carbonyl (C=O) groups excluding carboxylic acids is 2. The molecule has 1 heterocycles. The van der Waals surface area contributed by atoms with Crippen LogP contribution >= 0.6 is 11.6 Å². The molecule has 16 heavy (non-hydrogen) atoms. The Morgan fingerprint density at radius 2 is 2.19 bits per heavy atom. The first-order chi connectivity index (χ1) is 7.65. The van der Waals surface area contributed by atoms with E-state index in [-0.39, 0.29) is 23.2 Å². The van der Waals surface area contributed by atoms with Crippen LogP contribution in [0.4, 0.5) is 0 Å². The number of furan rings is 1. The van der Waals surface area contributed by atoms with Crippen molar-refractivity contribution in [3.63, 3.8) is 0 Å². The summed E-state index contributed by atoms with van der Waals surface area (Å²) in [6.45, 7) is 2.48. The van der Waals surface area contributed by atoms with Gasteiger partial charge in [-0.3, -0.25) is 9.59 Å². The molecule has 0 fully saturated rings. The van der Waals surface area contributed by atoms with Crippen LogP contribution in [0.3, 0.4) is 0 Å². The van der Waals surface area contributed by atoms with E-state index in [1.165, 1.54) is 12.3 Å². The SMILES string of the molecule is CCCNC(=O)CNC(=O)c1ccoc1Cl. The predicted octanol–water partition coefficient (Wildman–Crippen LogP) is 1.19. The molecule has 0 spiro atoms. The van der Waals surface area contributed by atoms with Gasteiger partial charge in [-0.1, -0.05) is 6.92 Å². The summed E-state index contributed by atoms with van der Waals surface area (Å²) in [6, 6.07) is 1.45. The summed E-state index contributed by atoms with van der Waals surface area (Å²) in [7, 11) is 0. The Morgan fingerprint density at radius 1 is 1.44 bits per heavy atom. The third-order valence-electron chi connectivity index (χ3n) is 1.84. The predicted molar refractivity (Wildman–Crippen MR) is 59.4 cm³/mol. The van der Waals surface area contributed by atoms with Crippen molar-refractivity contribution in [1.29, 1.82) is 0 Å². The van der Waals surface area contributed by atoms with Crippen LogP contribution in [0.5, 0.6) is 0 Å². The van der Waals surface area contributed by atoms with Crippen LogP contribution in [0, 0.1) is 0 Å². The summed E-state index contributed by atoms with van der Waals surface area (Å²) in [5.41, 5.74) is 0.227. The zero-order valence-electron chi connectivity index (χ0n) is 8.88. The van der Waals surface area contributed by atoms with E-state index in [4.69, 9.17) is 16.0 Å². The molecule has 5 nitrogen and oxygen atoms in total. The summed E-state index contributed by atoms with van der Waals surface area (Å²) < 4.78 is 4.76.